The highest BCUT2D eigenvalue weighted by molar-refractivity contribution is 7.92. The molecule has 8 heteroatoms. The Balaban J connectivity index is 1.62. The van der Waals surface area contributed by atoms with Gasteiger partial charge in [-0.15, -0.1) is 0 Å². The summed E-state index contributed by atoms with van der Waals surface area (Å²) >= 11 is 0. The van der Waals surface area contributed by atoms with Crippen LogP contribution in [-0.4, -0.2) is 69.5 Å². The molecular weight excluding hydrogens is 390 g/mol. The monoisotopic (exact) mass is 415 g/mol. The van der Waals surface area contributed by atoms with Gasteiger partial charge in [0.15, 0.2) is 6.10 Å². The maximum absolute atomic E-state index is 13.3. The number of para-hydroxylation sites is 2. The lowest BCUT2D eigenvalue weighted by Gasteiger charge is -2.39. The number of fused-ring (bicyclic) bond motifs is 1. The van der Waals surface area contributed by atoms with E-state index in [9.17, 15) is 13.2 Å². The number of hydrogen-bond acceptors (Lipinski definition) is 5. The predicted molar refractivity (Wildman–Crippen MR) is 111 cm³/mol. The average molecular weight is 416 g/mol. The summed E-state index contributed by atoms with van der Waals surface area (Å²) in [6.45, 7) is 5.90. The number of piperazine rings is 1. The highest BCUT2D eigenvalue weighted by Crippen LogP contribution is 2.37. The van der Waals surface area contributed by atoms with Gasteiger partial charge in [-0.2, -0.15) is 0 Å². The summed E-state index contributed by atoms with van der Waals surface area (Å²) in [7, 11) is -3.81. The smallest absolute Gasteiger partial charge is 0.265 e. The minimum atomic E-state index is -3.81. The van der Waals surface area contributed by atoms with Crippen LogP contribution >= 0.6 is 0 Å². The van der Waals surface area contributed by atoms with Crippen molar-refractivity contribution in [1.82, 2.24) is 9.80 Å². The van der Waals surface area contributed by atoms with Crippen LogP contribution in [0, 0.1) is 0 Å². The molecule has 0 radical (unpaired) electrons. The van der Waals surface area contributed by atoms with E-state index >= 15 is 0 Å². The maximum Gasteiger partial charge on any atom is 0.265 e. The van der Waals surface area contributed by atoms with E-state index in [4.69, 9.17) is 4.74 Å². The van der Waals surface area contributed by atoms with Gasteiger partial charge < -0.3 is 14.5 Å². The standard InChI is InChI=1S/C21H25N3O4S/c1-2-22-12-14-23(15-13-22)21(25)20-16-24(18-10-6-7-11-19(18)28-20)29(26,27)17-8-4-3-5-9-17/h3-11,20H,2,12-16H2,1H3. The Kier molecular flexibility index (Phi) is 5.47. The second kappa shape index (κ2) is 8.04. The SMILES string of the molecule is CCN1CCN(C(=O)C2CN(S(=O)(=O)c3ccccc3)c3ccccc3O2)CC1. The number of sulfonamides is 1. The molecule has 7 nitrogen and oxygen atoms in total. The number of likely N-dealkylation sites (N-methyl/N-ethyl adjacent to an activating group) is 1. The van der Waals surface area contributed by atoms with Crippen molar-refractivity contribution in [2.24, 2.45) is 0 Å². The third-order valence-electron chi connectivity index (χ3n) is 5.47. The van der Waals surface area contributed by atoms with E-state index < -0.39 is 16.1 Å². The average Bonchev–Trinajstić information content (AvgIpc) is 2.78. The van der Waals surface area contributed by atoms with E-state index in [1.807, 2.05) is 0 Å². The lowest BCUT2D eigenvalue weighted by atomic mass is 10.2. The molecule has 2 heterocycles. The number of rotatable bonds is 4. The molecule has 0 aliphatic carbocycles. The molecule has 0 N–H and O–H groups in total. The number of anilines is 1. The molecule has 0 bridgehead atoms. The van der Waals surface area contributed by atoms with Crippen LogP contribution in [0.3, 0.4) is 0 Å². The first kappa shape index (κ1) is 19.7. The topological polar surface area (TPSA) is 70.2 Å². The molecule has 1 atom stereocenters. The molecule has 1 saturated heterocycles. The summed E-state index contributed by atoms with van der Waals surface area (Å²) in [5.41, 5.74) is 0.455. The van der Waals surface area contributed by atoms with Crippen LogP contribution in [0.2, 0.25) is 0 Å². The number of ether oxygens (including phenoxy) is 1. The van der Waals surface area contributed by atoms with Gasteiger partial charge in [0.2, 0.25) is 0 Å². The highest BCUT2D eigenvalue weighted by Gasteiger charge is 2.39. The molecule has 154 valence electrons. The zero-order chi connectivity index (χ0) is 20.4. The zero-order valence-corrected chi connectivity index (χ0v) is 17.2. The van der Waals surface area contributed by atoms with Crippen molar-refractivity contribution < 1.29 is 17.9 Å². The number of carbonyl (C=O) groups is 1. The normalized spacial score (nSPS) is 20.1. The fraction of sp³-hybridized carbons (Fsp3) is 0.381. The number of hydrogen-bond donors (Lipinski definition) is 0. The molecule has 1 fully saturated rings. The van der Waals surface area contributed by atoms with Gasteiger partial charge in [-0.05, 0) is 30.8 Å². The summed E-state index contributed by atoms with van der Waals surface area (Å²) in [6.07, 6.45) is -0.864. The molecule has 29 heavy (non-hydrogen) atoms. The van der Waals surface area contributed by atoms with Crippen molar-refractivity contribution in [1.29, 1.82) is 0 Å². The van der Waals surface area contributed by atoms with Crippen LogP contribution in [0.5, 0.6) is 5.75 Å². The van der Waals surface area contributed by atoms with Crippen molar-refractivity contribution in [2.75, 3.05) is 43.6 Å². The third-order valence-corrected chi connectivity index (χ3v) is 7.27. The predicted octanol–water partition coefficient (Wildman–Crippen LogP) is 1.81. The van der Waals surface area contributed by atoms with Gasteiger partial charge in [-0.1, -0.05) is 37.3 Å². The van der Waals surface area contributed by atoms with Crippen LogP contribution in [0.4, 0.5) is 5.69 Å². The number of nitrogens with zero attached hydrogens (tertiary/aromatic N) is 3. The van der Waals surface area contributed by atoms with E-state index in [0.717, 1.165) is 19.6 Å². The highest BCUT2D eigenvalue weighted by atomic mass is 32.2. The molecule has 0 spiro atoms. The summed E-state index contributed by atoms with van der Waals surface area (Å²) < 4.78 is 33.9. The third kappa shape index (κ3) is 3.82. The maximum atomic E-state index is 13.3. The van der Waals surface area contributed by atoms with E-state index in [1.165, 1.54) is 4.31 Å². The Morgan fingerprint density at radius 3 is 2.34 bits per heavy atom. The molecular formula is C21H25N3O4S. The Morgan fingerprint density at radius 2 is 1.66 bits per heavy atom. The Bertz CT molecular complexity index is 972. The molecule has 0 saturated carbocycles. The van der Waals surface area contributed by atoms with Gasteiger partial charge in [0.25, 0.3) is 15.9 Å². The Labute approximate surface area is 171 Å². The molecule has 0 aromatic heterocycles. The zero-order valence-electron chi connectivity index (χ0n) is 16.4. The van der Waals surface area contributed by atoms with Gasteiger partial charge in [0, 0.05) is 26.2 Å². The molecule has 2 aromatic carbocycles. The quantitative estimate of drug-likeness (QED) is 0.762. The summed E-state index contributed by atoms with van der Waals surface area (Å²) in [5, 5.41) is 0. The Hall–Kier alpha value is -2.58. The minimum absolute atomic E-state index is 0.0406. The number of carbonyl (C=O) groups excluding carboxylic acids is 1. The van der Waals surface area contributed by atoms with Crippen molar-refractivity contribution in [3.8, 4) is 5.75 Å². The van der Waals surface area contributed by atoms with Crippen molar-refractivity contribution in [2.45, 2.75) is 17.9 Å². The van der Waals surface area contributed by atoms with E-state index in [1.54, 1.807) is 59.5 Å². The molecule has 4 rings (SSSR count). The van der Waals surface area contributed by atoms with E-state index in [0.29, 0.717) is 24.5 Å². The van der Waals surface area contributed by atoms with Crippen molar-refractivity contribution >= 4 is 21.6 Å². The van der Waals surface area contributed by atoms with E-state index in [-0.39, 0.29) is 17.3 Å². The van der Waals surface area contributed by atoms with Gasteiger partial charge in [0.1, 0.15) is 5.75 Å². The summed E-state index contributed by atoms with van der Waals surface area (Å²) in [6, 6.07) is 15.2. The van der Waals surface area contributed by atoms with Crippen LogP contribution in [0.1, 0.15) is 6.92 Å². The van der Waals surface area contributed by atoms with Gasteiger partial charge in [-0.25, -0.2) is 8.42 Å². The second-order valence-corrected chi connectivity index (χ2v) is 9.05. The largest absolute Gasteiger partial charge is 0.476 e. The molecule has 2 aromatic rings. The number of amides is 1. The first-order valence-electron chi connectivity index (χ1n) is 9.85. The van der Waals surface area contributed by atoms with Crippen LogP contribution in [0.25, 0.3) is 0 Å². The van der Waals surface area contributed by atoms with Gasteiger partial charge in [0.05, 0.1) is 17.1 Å². The van der Waals surface area contributed by atoms with Gasteiger partial charge in [-0.3, -0.25) is 9.10 Å². The molecule has 1 amide bonds. The lowest BCUT2D eigenvalue weighted by molar-refractivity contribution is -0.140. The second-order valence-electron chi connectivity index (χ2n) is 7.18. The van der Waals surface area contributed by atoms with Crippen LogP contribution in [0.15, 0.2) is 59.5 Å². The minimum Gasteiger partial charge on any atom is -0.476 e. The van der Waals surface area contributed by atoms with Crippen molar-refractivity contribution in [3.63, 3.8) is 0 Å². The number of benzene rings is 2. The summed E-state index contributed by atoms with van der Waals surface area (Å²) in [5.74, 6) is 0.243. The van der Waals surface area contributed by atoms with Crippen molar-refractivity contribution in [3.05, 3.63) is 54.6 Å². The first-order chi connectivity index (χ1) is 14.0. The fourth-order valence-electron chi connectivity index (χ4n) is 3.77. The van der Waals surface area contributed by atoms with Gasteiger partial charge >= 0.3 is 0 Å². The molecule has 2 aliphatic rings. The summed E-state index contributed by atoms with van der Waals surface area (Å²) in [4.78, 5) is 17.4. The first-order valence-corrected chi connectivity index (χ1v) is 11.3. The molecule has 2 aliphatic heterocycles. The lowest BCUT2D eigenvalue weighted by Crippen LogP contribution is -2.56. The fourth-order valence-corrected chi connectivity index (χ4v) is 5.26. The molecule has 1 unspecified atom stereocenters. The van der Waals surface area contributed by atoms with Crippen LogP contribution in [-0.2, 0) is 14.8 Å². The Morgan fingerprint density at radius 1 is 1.00 bits per heavy atom. The van der Waals surface area contributed by atoms with Crippen LogP contribution < -0.4 is 9.04 Å². The van der Waals surface area contributed by atoms with E-state index in [2.05, 4.69) is 11.8 Å².